The lowest BCUT2D eigenvalue weighted by Gasteiger charge is -2.45. The van der Waals surface area contributed by atoms with Gasteiger partial charge < -0.3 is 14.9 Å². The lowest BCUT2D eigenvalue weighted by Crippen LogP contribution is -2.68. The van der Waals surface area contributed by atoms with Gasteiger partial charge in [-0.25, -0.2) is 4.79 Å². The largest absolute Gasteiger partial charge is 0.402 e. The van der Waals surface area contributed by atoms with Crippen molar-refractivity contribution >= 4 is 24.5 Å². The summed E-state index contributed by atoms with van der Waals surface area (Å²) in [5.74, 6) is 0.229. The molecular weight excluding hydrogens is 508 g/mol. The Bertz CT molecular complexity index is 1250. The number of nitrogens with two attached hydrogens (primary N) is 1. The Balaban J connectivity index is 1.79. The fourth-order valence-electron chi connectivity index (χ4n) is 5.19. The van der Waals surface area contributed by atoms with E-state index in [0.29, 0.717) is 13.0 Å². The Hall–Kier alpha value is -2.82. The molecule has 1 aliphatic rings. The monoisotopic (exact) mass is 550 g/mol. The highest BCUT2D eigenvalue weighted by atomic mass is 28.4. The number of benzene rings is 2. The molecule has 1 aliphatic heterocycles. The number of hydrogen-bond donors (Lipinski definition) is 1. The van der Waals surface area contributed by atoms with E-state index in [0.717, 1.165) is 5.56 Å². The summed E-state index contributed by atoms with van der Waals surface area (Å²) in [7, 11) is -0.961. The third kappa shape index (κ3) is 6.02. The Morgan fingerprint density at radius 2 is 1.67 bits per heavy atom. The highest BCUT2D eigenvalue weighted by Crippen LogP contribution is 2.41. The van der Waals surface area contributed by atoms with Crippen LogP contribution < -0.4 is 21.8 Å². The van der Waals surface area contributed by atoms with Crippen molar-refractivity contribution in [3.05, 3.63) is 82.9 Å². The second-order valence-corrected chi connectivity index (χ2v) is 15.9. The van der Waals surface area contributed by atoms with Gasteiger partial charge in [-0.05, 0) is 36.2 Å². The number of hydroxylamine groups is 2. The maximum Gasteiger partial charge on any atom is 0.351 e. The quantitative estimate of drug-likeness (QED) is 0.321. The van der Waals surface area contributed by atoms with Crippen LogP contribution in [0.15, 0.2) is 71.7 Å². The van der Waals surface area contributed by atoms with Crippen molar-refractivity contribution in [2.45, 2.75) is 77.5 Å². The highest BCUT2D eigenvalue weighted by Gasteiger charge is 2.54. The second kappa shape index (κ2) is 11.7. The van der Waals surface area contributed by atoms with Gasteiger partial charge >= 0.3 is 5.69 Å². The van der Waals surface area contributed by atoms with Crippen LogP contribution in [0.5, 0.6) is 0 Å². The van der Waals surface area contributed by atoms with Crippen LogP contribution in [0, 0.1) is 6.92 Å². The van der Waals surface area contributed by atoms with Gasteiger partial charge in [0.05, 0.1) is 12.7 Å². The maximum absolute atomic E-state index is 12.9. The number of anilines is 1. The van der Waals surface area contributed by atoms with E-state index in [9.17, 15) is 4.79 Å². The minimum absolute atomic E-state index is 0.199. The van der Waals surface area contributed by atoms with Gasteiger partial charge in [-0.2, -0.15) is 10.0 Å². The smallest absolute Gasteiger partial charge is 0.351 e. The molecule has 9 heteroatoms. The summed E-state index contributed by atoms with van der Waals surface area (Å²) in [5.41, 5.74) is 6.19. The summed E-state index contributed by atoms with van der Waals surface area (Å²) < 4.78 is 15.5. The van der Waals surface area contributed by atoms with Gasteiger partial charge in [0.2, 0.25) is 0 Å². The average Bonchev–Trinajstić information content (AvgIpc) is 3.30. The molecule has 1 aromatic heterocycles. The number of hydrogen-bond acceptors (Lipinski definition) is 7. The molecule has 0 bridgehead atoms. The Morgan fingerprint density at radius 1 is 1.10 bits per heavy atom. The molecule has 1 fully saturated rings. The molecule has 0 saturated carbocycles. The van der Waals surface area contributed by atoms with Gasteiger partial charge in [0.15, 0.2) is 0 Å². The van der Waals surface area contributed by atoms with Crippen molar-refractivity contribution in [2.24, 2.45) is 0 Å². The van der Waals surface area contributed by atoms with Crippen LogP contribution in [-0.4, -0.2) is 54.8 Å². The van der Waals surface area contributed by atoms with Crippen molar-refractivity contribution in [1.82, 2.24) is 14.6 Å². The lowest BCUT2D eigenvalue weighted by molar-refractivity contribution is -0.193. The minimum atomic E-state index is -2.87. The van der Waals surface area contributed by atoms with Crippen LogP contribution in [0.3, 0.4) is 0 Å². The molecule has 210 valence electrons. The SMILES string of the molecule is Cc1cn([C@H]2C[C@H](O[Si](c3ccccc3)(c3ccccc3)C(C)(C)C)[C@@H](CON(C)C(C)C)O2)c(=O)nc1N. The predicted molar refractivity (Wildman–Crippen MR) is 158 cm³/mol. The van der Waals surface area contributed by atoms with E-state index in [4.69, 9.17) is 19.7 Å². The molecule has 8 nitrogen and oxygen atoms in total. The predicted octanol–water partition coefficient (Wildman–Crippen LogP) is 3.64. The van der Waals surface area contributed by atoms with Crippen molar-refractivity contribution in [3.8, 4) is 0 Å². The number of aryl methyl sites for hydroxylation is 1. The first-order valence-electron chi connectivity index (χ1n) is 13.6. The molecule has 0 unspecified atom stereocenters. The zero-order valence-corrected chi connectivity index (χ0v) is 25.1. The average molecular weight is 551 g/mol. The standard InChI is InChI=1S/C30H42N4O4Si/c1-21(2)33(7)36-20-26-25(18-27(37-26)34-19-22(3)28(31)32-29(34)35)38-39(30(4,5)6,23-14-10-8-11-15-23)24-16-12-9-13-17-24/h8-17,19,21,25-27H,18,20H2,1-7H3,(H2,31,32,35)/t25-,26+,27+/m0/s1. The fourth-order valence-corrected chi connectivity index (χ4v) is 9.91. The lowest BCUT2D eigenvalue weighted by atomic mass is 10.2. The van der Waals surface area contributed by atoms with Crippen LogP contribution in [-0.2, 0) is 14.0 Å². The Morgan fingerprint density at radius 3 is 2.18 bits per heavy atom. The summed E-state index contributed by atoms with van der Waals surface area (Å²) in [6, 6.07) is 21.3. The molecule has 2 aromatic carbocycles. The van der Waals surface area contributed by atoms with Crippen LogP contribution in [0.2, 0.25) is 5.04 Å². The van der Waals surface area contributed by atoms with E-state index in [1.54, 1.807) is 6.20 Å². The van der Waals surface area contributed by atoms with Crippen molar-refractivity contribution < 1.29 is 14.0 Å². The van der Waals surface area contributed by atoms with Crippen molar-refractivity contribution in [1.29, 1.82) is 0 Å². The third-order valence-corrected chi connectivity index (χ3v) is 12.6. The topological polar surface area (TPSA) is 91.8 Å². The Labute approximate surface area is 232 Å². The first-order chi connectivity index (χ1) is 18.4. The molecule has 0 radical (unpaired) electrons. The molecule has 0 aliphatic carbocycles. The third-order valence-electron chi connectivity index (χ3n) is 7.58. The van der Waals surface area contributed by atoms with Gasteiger partial charge in [0.25, 0.3) is 8.32 Å². The number of aromatic nitrogens is 2. The molecule has 0 spiro atoms. The van der Waals surface area contributed by atoms with Gasteiger partial charge in [0, 0.05) is 31.3 Å². The summed E-state index contributed by atoms with van der Waals surface area (Å²) in [6.07, 6.45) is 0.924. The van der Waals surface area contributed by atoms with Gasteiger partial charge in [-0.1, -0.05) is 81.4 Å². The van der Waals surface area contributed by atoms with Crippen LogP contribution >= 0.6 is 0 Å². The van der Waals surface area contributed by atoms with E-state index in [1.807, 2.05) is 31.2 Å². The molecule has 0 amide bonds. The van der Waals surface area contributed by atoms with E-state index in [2.05, 4.69) is 88.1 Å². The zero-order valence-electron chi connectivity index (χ0n) is 24.1. The first kappa shape index (κ1) is 29.2. The molecule has 1 saturated heterocycles. The second-order valence-electron chi connectivity index (χ2n) is 11.6. The molecule has 3 atom stereocenters. The summed E-state index contributed by atoms with van der Waals surface area (Å²) in [6.45, 7) is 13.0. The molecule has 2 N–H and O–H groups in total. The number of nitrogen functional groups attached to an aromatic ring is 1. The van der Waals surface area contributed by atoms with Gasteiger partial charge in [-0.15, -0.1) is 0 Å². The van der Waals surface area contributed by atoms with Crippen LogP contribution in [0.25, 0.3) is 0 Å². The summed E-state index contributed by atoms with van der Waals surface area (Å²) >= 11 is 0. The van der Waals surface area contributed by atoms with E-state index in [-0.39, 0.29) is 23.0 Å². The molecule has 2 heterocycles. The van der Waals surface area contributed by atoms with Crippen LogP contribution in [0.1, 0.15) is 52.8 Å². The minimum Gasteiger partial charge on any atom is -0.402 e. The highest BCUT2D eigenvalue weighted by molar-refractivity contribution is 6.99. The summed E-state index contributed by atoms with van der Waals surface area (Å²) in [5, 5.41) is 3.99. The molecule has 4 rings (SSSR count). The number of rotatable bonds is 9. The van der Waals surface area contributed by atoms with Crippen LogP contribution in [0.4, 0.5) is 5.82 Å². The fraction of sp³-hybridized carbons (Fsp3) is 0.467. The number of nitrogens with zero attached hydrogens (tertiary/aromatic N) is 3. The molecule has 39 heavy (non-hydrogen) atoms. The van der Waals surface area contributed by atoms with E-state index >= 15 is 0 Å². The van der Waals surface area contributed by atoms with Gasteiger partial charge in [-0.3, -0.25) is 9.40 Å². The zero-order chi connectivity index (χ0) is 28.4. The van der Waals surface area contributed by atoms with Gasteiger partial charge in [0.1, 0.15) is 18.1 Å². The normalized spacial score (nSPS) is 20.2. The van der Waals surface area contributed by atoms with Crippen molar-refractivity contribution in [2.75, 3.05) is 19.4 Å². The van der Waals surface area contributed by atoms with Crippen molar-refractivity contribution in [3.63, 3.8) is 0 Å². The maximum atomic E-state index is 12.9. The molecular formula is C30H42N4O4Si. The Kier molecular flexibility index (Phi) is 8.77. The van der Waals surface area contributed by atoms with E-state index in [1.165, 1.54) is 14.9 Å². The van der Waals surface area contributed by atoms with E-state index < -0.39 is 26.3 Å². The first-order valence-corrected chi connectivity index (χ1v) is 15.5. The summed E-state index contributed by atoms with van der Waals surface area (Å²) in [4.78, 5) is 23.0. The molecule has 3 aromatic rings. The number of ether oxygens (including phenoxy) is 1.